The minimum atomic E-state index is -0.391. The maximum absolute atomic E-state index is 11.3. The second kappa shape index (κ2) is 7.16. The Morgan fingerprint density at radius 3 is 2.63 bits per heavy atom. The number of non-ortho nitro benzene ring substituents is 1. The lowest BCUT2D eigenvalue weighted by Crippen LogP contribution is -2.36. The largest absolute Gasteiger partial charge is 0.378 e. The van der Waals surface area contributed by atoms with Crippen molar-refractivity contribution >= 4 is 33.7 Å². The van der Waals surface area contributed by atoms with Crippen LogP contribution in [0.5, 0.6) is 0 Å². The van der Waals surface area contributed by atoms with Gasteiger partial charge < -0.3 is 15.0 Å². The minimum Gasteiger partial charge on any atom is -0.378 e. The summed E-state index contributed by atoms with van der Waals surface area (Å²) in [7, 11) is 0. The number of fused-ring (bicyclic) bond motifs is 1. The second-order valence-corrected chi connectivity index (χ2v) is 6.34. The van der Waals surface area contributed by atoms with E-state index in [1.807, 2.05) is 19.1 Å². The van der Waals surface area contributed by atoms with E-state index in [2.05, 4.69) is 15.2 Å². The van der Waals surface area contributed by atoms with Crippen molar-refractivity contribution in [2.45, 2.75) is 6.92 Å². The first-order chi connectivity index (χ1) is 13.1. The minimum absolute atomic E-state index is 0.0427. The highest BCUT2D eigenvalue weighted by Gasteiger charge is 2.16. The molecule has 3 heterocycles. The van der Waals surface area contributed by atoms with Crippen LogP contribution in [0.1, 0.15) is 5.69 Å². The first-order valence-electron chi connectivity index (χ1n) is 8.72. The Hall–Kier alpha value is -3.26. The molecule has 0 atom stereocenters. The lowest BCUT2D eigenvalue weighted by Gasteiger charge is -2.28. The highest BCUT2D eigenvalue weighted by molar-refractivity contribution is 6.00. The Morgan fingerprint density at radius 2 is 1.89 bits per heavy atom. The molecule has 1 aliphatic rings. The Kier molecular flexibility index (Phi) is 4.55. The number of hydrogen-bond acceptors (Lipinski definition) is 7. The maximum Gasteiger partial charge on any atom is 0.278 e. The van der Waals surface area contributed by atoms with Gasteiger partial charge in [-0.2, -0.15) is 0 Å². The summed E-state index contributed by atoms with van der Waals surface area (Å²) >= 11 is 0. The van der Waals surface area contributed by atoms with Crippen LogP contribution in [0.25, 0.3) is 10.8 Å². The van der Waals surface area contributed by atoms with Crippen molar-refractivity contribution in [3.63, 3.8) is 0 Å². The molecule has 8 heteroatoms. The van der Waals surface area contributed by atoms with Crippen LogP contribution >= 0.6 is 0 Å². The third-order valence-electron chi connectivity index (χ3n) is 4.67. The van der Waals surface area contributed by atoms with Gasteiger partial charge in [0.2, 0.25) is 0 Å². The summed E-state index contributed by atoms with van der Waals surface area (Å²) in [5.41, 5.74) is 2.54. The van der Waals surface area contributed by atoms with Gasteiger partial charge in [-0.25, -0.2) is 4.98 Å². The predicted octanol–water partition coefficient (Wildman–Crippen LogP) is 3.43. The molecule has 0 unspecified atom stereocenters. The summed E-state index contributed by atoms with van der Waals surface area (Å²) in [6, 6.07) is 8.96. The van der Waals surface area contributed by atoms with Gasteiger partial charge in [-0.1, -0.05) is 0 Å². The van der Waals surface area contributed by atoms with Gasteiger partial charge in [0.05, 0.1) is 34.9 Å². The number of nitrogens with one attached hydrogen (secondary N) is 1. The van der Waals surface area contributed by atoms with Crippen molar-refractivity contribution in [1.82, 2.24) is 9.97 Å². The van der Waals surface area contributed by atoms with Gasteiger partial charge in [-0.15, -0.1) is 0 Å². The molecule has 3 aromatic rings. The number of aromatic nitrogens is 2. The topological polar surface area (TPSA) is 93.4 Å². The number of nitrogens with zero attached hydrogens (tertiary/aromatic N) is 4. The first kappa shape index (κ1) is 17.2. The zero-order chi connectivity index (χ0) is 18.8. The monoisotopic (exact) mass is 365 g/mol. The fraction of sp³-hybridized carbons (Fsp3) is 0.263. The normalized spacial score (nSPS) is 14.3. The van der Waals surface area contributed by atoms with Crippen LogP contribution in [0.4, 0.5) is 22.9 Å². The molecule has 27 heavy (non-hydrogen) atoms. The van der Waals surface area contributed by atoms with Crippen LogP contribution in [0.3, 0.4) is 0 Å². The number of morpholine rings is 1. The zero-order valence-electron chi connectivity index (χ0n) is 14.9. The summed E-state index contributed by atoms with van der Waals surface area (Å²) in [4.78, 5) is 21.8. The van der Waals surface area contributed by atoms with Crippen molar-refractivity contribution in [1.29, 1.82) is 0 Å². The Bertz CT molecular complexity index is 1000. The maximum atomic E-state index is 11.3. The summed E-state index contributed by atoms with van der Waals surface area (Å²) < 4.78 is 5.39. The molecule has 1 saturated heterocycles. The lowest BCUT2D eigenvalue weighted by atomic mass is 10.1. The molecule has 0 spiro atoms. The summed E-state index contributed by atoms with van der Waals surface area (Å²) in [6.45, 7) is 5.03. The molecule has 0 amide bonds. The average Bonchev–Trinajstić information content (AvgIpc) is 2.70. The van der Waals surface area contributed by atoms with E-state index in [4.69, 9.17) is 9.72 Å². The third kappa shape index (κ3) is 3.39. The van der Waals surface area contributed by atoms with Gasteiger partial charge in [-0.3, -0.25) is 15.1 Å². The highest BCUT2D eigenvalue weighted by Crippen LogP contribution is 2.33. The number of nitro benzene ring substituents is 1. The molecule has 0 bridgehead atoms. The highest BCUT2D eigenvalue weighted by atomic mass is 16.6. The number of aryl methyl sites for hydroxylation is 1. The van der Waals surface area contributed by atoms with Crippen LogP contribution < -0.4 is 10.2 Å². The number of ether oxygens (including phenoxy) is 1. The van der Waals surface area contributed by atoms with Crippen molar-refractivity contribution in [2.24, 2.45) is 0 Å². The van der Waals surface area contributed by atoms with Gasteiger partial charge in [0.15, 0.2) is 0 Å². The van der Waals surface area contributed by atoms with E-state index in [9.17, 15) is 10.1 Å². The van der Waals surface area contributed by atoms with E-state index < -0.39 is 4.92 Å². The van der Waals surface area contributed by atoms with Crippen LogP contribution in [0.2, 0.25) is 0 Å². The van der Waals surface area contributed by atoms with Crippen LogP contribution in [-0.2, 0) is 4.74 Å². The Balaban J connectivity index is 1.66. The van der Waals surface area contributed by atoms with E-state index in [0.29, 0.717) is 18.6 Å². The smallest absolute Gasteiger partial charge is 0.278 e. The van der Waals surface area contributed by atoms with Gasteiger partial charge in [0.25, 0.3) is 5.69 Å². The SMILES string of the molecule is Cc1nc(N2CCOCC2)ccc1Nc1ccc([N+](=O)[O-])c2cnccc12. The van der Waals surface area contributed by atoms with Gasteiger partial charge in [-0.05, 0) is 31.2 Å². The molecular weight excluding hydrogens is 346 g/mol. The van der Waals surface area contributed by atoms with Crippen molar-refractivity contribution < 1.29 is 9.66 Å². The summed E-state index contributed by atoms with van der Waals surface area (Å²) in [5.74, 6) is 0.930. The number of rotatable bonds is 4. The Labute approximate surface area is 156 Å². The second-order valence-electron chi connectivity index (χ2n) is 6.34. The van der Waals surface area contributed by atoms with Crippen molar-refractivity contribution in [3.05, 3.63) is 58.5 Å². The molecule has 2 aromatic heterocycles. The molecular formula is C19H19N5O3. The van der Waals surface area contributed by atoms with Crippen LogP contribution in [-0.4, -0.2) is 41.2 Å². The fourth-order valence-corrected chi connectivity index (χ4v) is 3.24. The molecule has 0 radical (unpaired) electrons. The Morgan fingerprint density at radius 1 is 1.11 bits per heavy atom. The molecule has 4 rings (SSSR count). The average molecular weight is 365 g/mol. The van der Waals surface area contributed by atoms with E-state index in [0.717, 1.165) is 41.4 Å². The number of pyridine rings is 2. The quantitative estimate of drug-likeness (QED) is 0.559. The third-order valence-corrected chi connectivity index (χ3v) is 4.67. The number of benzene rings is 1. The molecule has 0 saturated carbocycles. The van der Waals surface area contributed by atoms with Crippen LogP contribution in [0, 0.1) is 17.0 Å². The van der Waals surface area contributed by atoms with Gasteiger partial charge in [0, 0.05) is 42.6 Å². The first-order valence-corrected chi connectivity index (χ1v) is 8.72. The molecule has 0 aliphatic carbocycles. The van der Waals surface area contributed by atoms with Crippen LogP contribution in [0.15, 0.2) is 42.7 Å². The van der Waals surface area contributed by atoms with E-state index in [1.54, 1.807) is 18.3 Å². The molecule has 8 nitrogen and oxygen atoms in total. The standard InChI is InChI=1S/C19H19N5O3/c1-13-16(3-5-19(21-13)23-8-10-27-11-9-23)22-17-2-4-18(24(25)26)15-12-20-7-6-14(15)17/h2-7,12,22H,8-11H2,1H3. The molecule has 1 N–H and O–H groups in total. The van der Waals surface area contributed by atoms with Gasteiger partial charge >= 0.3 is 0 Å². The summed E-state index contributed by atoms with van der Waals surface area (Å²) in [5, 5.41) is 15.9. The number of hydrogen-bond donors (Lipinski definition) is 1. The summed E-state index contributed by atoms with van der Waals surface area (Å²) in [6.07, 6.45) is 3.15. The lowest BCUT2D eigenvalue weighted by molar-refractivity contribution is -0.383. The molecule has 1 fully saturated rings. The fourth-order valence-electron chi connectivity index (χ4n) is 3.24. The van der Waals surface area contributed by atoms with Gasteiger partial charge in [0.1, 0.15) is 5.82 Å². The van der Waals surface area contributed by atoms with Crippen molar-refractivity contribution in [2.75, 3.05) is 36.5 Å². The molecule has 1 aromatic carbocycles. The van der Waals surface area contributed by atoms with E-state index in [1.165, 1.54) is 12.3 Å². The predicted molar refractivity (Wildman–Crippen MR) is 104 cm³/mol. The zero-order valence-corrected chi connectivity index (χ0v) is 14.9. The van der Waals surface area contributed by atoms with Crippen molar-refractivity contribution in [3.8, 4) is 0 Å². The number of anilines is 3. The number of nitro groups is 1. The van der Waals surface area contributed by atoms with E-state index >= 15 is 0 Å². The molecule has 138 valence electrons. The van der Waals surface area contributed by atoms with E-state index in [-0.39, 0.29) is 5.69 Å². The molecule has 1 aliphatic heterocycles.